The Morgan fingerprint density at radius 3 is 2.86 bits per heavy atom. The van der Waals surface area contributed by atoms with Crippen LogP contribution in [-0.2, 0) is 17.9 Å². The number of rotatable bonds is 4. The van der Waals surface area contributed by atoms with Gasteiger partial charge in [-0.2, -0.15) is 0 Å². The average molecular weight is 198 g/mol. The van der Waals surface area contributed by atoms with Crippen LogP contribution in [-0.4, -0.2) is 25.8 Å². The Balaban J connectivity index is 2.83. The van der Waals surface area contributed by atoms with Crippen LogP contribution in [0.3, 0.4) is 0 Å². The Hall–Kier alpha value is -1.43. The smallest absolute Gasteiger partial charge is 0.224 e. The number of carbonyl (C=O) groups is 1. The molecule has 0 spiro atoms. The molecule has 0 unspecified atom stereocenters. The number of hydrogen-bond donors (Lipinski definition) is 2. The quantitative estimate of drug-likeness (QED) is 0.667. The van der Waals surface area contributed by atoms with E-state index in [9.17, 15) is 4.79 Å². The van der Waals surface area contributed by atoms with Gasteiger partial charge in [-0.1, -0.05) is 0 Å². The van der Waals surface area contributed by atoms with E-state index in [0.717, 1.165) is 0 Å². The Bertz CT molecular complexity index is 332. The molecule has 1 heterocycles. The van der Waals surface area contributed by atoms with Crippen LogP contribution >= 0.6 is 0 Å². The summed E-state index contributed by atoms with van der Waals surface area (Å²) in [6, 6.07) is 0. The van der Waals surface area contributed by atoms with Crippen LogP contribution in [0.15, 0.2) is 6.33 Å². The molecular weight excluding hydrogens is 184 g/mol. The molecule has 0 aliphatic carbocycles. The second-order valence-corrected chi connectivity index (χ2v) is 3.78. The normalized spacial score (nSPS) is 11.6. The first-order valence-corrected chi connectivity index (χ1v) is 4.25. The van der Waals surface area contributed by atoms with Gasteiger partial charge in [-0.25, -0.2) is 0 Å². The van der Waals surface area contributed by atoms with Crippen molar-refractivity contribution in [2.75, 3.05) is 0 Å². The molecule has 0 aliphatic rings. The van der Waals surface area contributed by atoms with Crippen molar-refractivity contribution in [1.82, 2.24) is 14.8 Å². The van der Waals surface area contributed by atoms with E-state index in [1.807, 2.05) is 0 Å². The molecule has 0 saturated carbocycles. The Kier molecular flexibility index (Phi) is 2.85. The zero-order chi connectivity index (χ0) is 10.8. The lowest BCUT2D eigenvalue weighted by molar-refractivity contribution is -0.126. The van der Waals surface area contributed by atoms with Crippen molar-refractivity contribution in [2.45, 2.75) is 27.0 Å². The second kappa shape index (κ2) is 3.75. The van der Waals surface area contributed by atoms with E-state index in [2.05, 4.69) is 10.2 Å². The van der Waals surface area contributed by atoms with Gasteiger partial charge in [0.15, 0.2) is 5.82 Å². The molecule has 14 heavy (non-hydrogen) atoms. The molecule has 0 saturated heterocycles. The molecule has 0 bridgehead atoms. The molecule has 0 aliphatic heterocycles. The van der Waals surface area contributed by atoms with E-state index >= 15 is 0 Å². The lowest BCUT2D eigenvalue weighted by atomic mass is 9.93. The molecule has 0 atom stereocenters. The van der Waals surface area contributed by atoms with Crippen LogP contribution in [0, 0.1) is 5.41 Å². The molecule has 1 aromatic rings. The van der Waals surface area contributed by atoms with Crippen molar-refractivity contribution in [1.29, 1.82) is 0 Å². The van der Waals surface area contributed by atoms with Gasteiger partial charge in [0, 0.05) is 6.54 Å². The first-order valence-electron chi connectivity index (χ1n) is 4.25. The summed E-state index contributed by atoms with van der Waals surface area (Å²) in [7, 11) is 0. The number of aliphatic hydroxyl groups is 1. The first kappa shape index (κ1) is 10.6. The predicted octanol–water partition coefficient (Wildman–Crippen LogP) is -0.718. The summed E-state index contributed by atoms with van der Waals surface area (Å²) in [5.74, 6) is 0.0365. The molecule has 0 radical (unpaired) electrons. The zero-order valence-electron chi connectivity index (χ0n) is 8.27. The van der Waals surface area contributed by atoms with Gasteiger partial charge in [0.2, 0.25) is 5.91 Å². The highest BCUT2D eigenvalue weighted by Crippen LogP contribution is 2.17. The molecule has 6 nitrogen and oxygen atoms in total. The van der Waals surface area contributed by atoms with Crippen molar-refractivity contribution >= 4 is 5.91 Å². The summed E-state index contributed by atoms with van der Waals surface area (Å²) in [5.41, 5.74) is 4.55. The maximum Gasteiger partial charge on any atom is 0.224 e. The van der Waals surface area contributed by atoms with E-state index in [-0.39, 0.29) is 6.61 Å². The van der Waals surface area contributed by atoms with E-state index < -0.39 is 11.3 Å². The van der Waals surface area contributed by atoms with Gasteiger partial charge < -0.3 is 15.4 Å². The van der Waals surface area contributed by atoms with Gasteiger partial charge in [0.25, 0.3) is 0 Å². The number of nitrogens with zero attached hydrogens (tertiary/aromatic N) is 3. The number of aliphatic hydroxyl groups excluding tert-OH is 1. The minimum atomic E-state index is -0.674. The molecule has 1 aromatic heterocycles. The summed E-state index contributed by atoms with van der Waals surface area (Å²) in [4.78, 5) is 11.1. The average Bonchev–Trinajstić information content (AvgIpc) is 2.50. The molecule has 0 aromatic carbocycles. The molecule has 0 fully saturated rings. The summed E-state index contributed by atoms with van der Waals surface area (Å²) in [6.07, 6.45) is 1.47. The van der Waals surface area contributed by atoms with Crippen molar-refractivity contribution in [3.05, 3.63) is 12.2 Å². The van der Waals surface area contributed by atoms with E-state index in [4.69, 9.17) is 10.8 Å². The third-order valence-corrected chi connectivity index (χ3v) is 2.07. The fourth-order valence-electron chi connectivity index (χ4n) is 1.04. The minimum Gasteiger partial charge on any atom is -0.388 e. The Morgan fingerprint density at radius 2 is 2.36 bits per heavy atom. The molecule has 6 heteroatoms. The fourth-order valence-corrected chi connectivity index (χ4v) is 1.04. The first-order chi connectivity index (χ1) is 6.47. The van der Waals surface area contributed by atoms with E-state index in [1.165, 1.54) is 6.33 Å². The highest BCUT2D eigenvalue weighted by molar-refractivity contribution is 5.79. The summed E-state index contributed by atoms with van der Waals surface area (Å²) >= 11 is 0. The Labute approximate surface area is 81.7 Å². The molecule has 3 N–H and O–H groups in total. The van der Waals surface area contributed by atoms with E-state index in [1.54, 1.807) is 18.4 Å². The van der Waals surface area contributed by atoms with Gasteiger partial charge in [-0.3, -0.25) is 4.79 Å². The molecular formula is C8H14N4O2. The van der Waals surface area contributed by atoms with Crippen LogP contribution < -0.4 is 5.73 Å². The number of carbonyl (C=O) groups excluding carboxylic acids is 1. The number of primary amides is 1. The maximum absolute atomic E-state index is 11.1. The van der Waals surface area contributed by atoms with Crippen molar-refractivity contribution in [2.24, 2.45) is 11.1 Å². The third kappa shape index (κ3) is 2.08. The van der Waals surface area contributed by atoms with Crippen LogP contribution in [0.5, 0.6) is 0 Å². The van der Waals surface area contributed by atoms with Gasteiger partial charge >= 0.3 is 0 Å². The maximum atomic E-state index is 11.1. The molecule has 78 valence electrons. The van der Waals surface area contributed by atoms with Gasteiger partial charge in [-0.15, -0.1) is 10.2 Å². The van der Waals surface area contributed by atoms with Crippen molar-refractivity contribution < 1.29 is 9.90 Å². The monoisotopic (exact) mass is 198 g/mol. The van der Waals surface area contributed by atoms with Gasteiger partial charge in [-0.05, 0) is 13.8 Å². The summed E-state index contributed by atoms with van der Waals surface area (Å²) < 4.78 is 1.62. The predicted molar refractivity (Wildman–Crippen MR) is 48.9 cm³/mol. The number of hydrogen-bond acceptors (Lipinski definition) is 4. The fraction of sp³-hybridized carbons (Fsp3) is 0.625. The lowest BCUT2D eigenvalue weighted by Crippen LogP contribution is -2.35. The van der Waals surface area contributed by atoms with Crippen molar-refractivity contribution in [3.8, 4) is 0 Å². The highest BCUT2D eigenvalue weighted by atomic mass is 16.3. The highest BCUT2D eigenvalue weighted by Gasteiger charge is 2.26. The van der Waals surface area contributed by atoms with Crippen LogP contribution in [0.25, 0.3) is 0 Å². The third-order valence-electron chi connectivity index (χ3n) is 2.07. The number of amides is 1. The number of nitrogens with two attached hydrogens (primary N) is 1. The van der Waals surface area contributed by atoms with E-state index in [0.29, 0.717) is 12.4 Å². The van der Waals surface area contributed by atoms with Crippen molar-refractivity contribution in [3.63, 3.8) is 0 Å². The van der Waals surface area contributed by atoms with Crippen LogP contribution in [0.1, 0.15) is 19.7 Å². The van der Waals surface area contributed by atoms with Crippen LogP contribution in [0.2, 0.25) is 0 Å². The standard InChI is InChI=1S/C8H14N4O2/c1-8(2,7(9)14)4-12-5-10-11-6(12)3-13/h5,13H,3-4H2,1-2H3,(H2,9,14). The zero-order valence-corrected chi connectivity index (χ0v) is 8.27. The molecule has 1 amide bonds. The Morgan fingerprint density at radius 1 is 1.71 bits per heavy atom. The van der Waals surface area contributed by atoms with Gasteiger partial charge in [0.1, 0.15) is 12.9 Å². The minimum absolute atomic E-state index is 0.200. The topological polar surface area (TPSA) is 94.0 Å². The lowest BCUT2D eigenvalue weighted by Gasteiger charge is -2.21. The number of aromatic nitrogens is 3. The second-order valence-electron chi connectivity index (χ2n) is 3.78. The largest absolute Gasteiger partial charge is 0.388 e. The summed E-state index contributed by atoms with van der Waals surface area (Å²) in [6.45, 7) is 3.63. The van der Waals surface area contributed by atoms with Crippen LogP contribution in [0.4, 0.5) is 0 Å². The van der Waals surface area contributed by atoms with Gasteiger partial charge in [0.05, 0.1) is 5.41 Å². The summed E-state index contributed by atoms with van der Waals surface area (Å²) in [5, 5.41) is 16.2. The molecule has 1 rings (SSSR count). The SMILES string of the molecule is CC(C)(Cn1cnnc1CO)C(N)=O.